The van der Waals surface area contributed by atoms with Crippen LogP contribution in [0.25, 0.3) is 10.2 Å². The van der Waals surface area contributed by atoms with Gasteiger partial charge in [-0.2, -0.15) is 0 Å². The van der Waals surface area contributed by atoms with Gasteiger partial charge in [0, 0.05) is 19.2 Å². The molecule has 0 unspecified atom stereocenters. The summed E-state index contributed by atoms with van der Waals surface area (Å²) in [6.07, 6.45) is 0. The number of nitro groups is 1. The SMILES string of the molecule is CCN(CC)CCN(C(=O)c1ccc([N+](=O)[O-])s1)c1nc2cc(C)c(C)cc2s1.Cl. The van der Waals surface area contributed by atoms with Crippen LogP contribution in [0.3, 0.4) is 0 Å². The van der Waals surface area contributed by atoms with Crippen molar-refractivity contribution in [3.63, 3.8) is 0 Å². The van der Waals surface area contributed by atoms with Crippen LogP contribution in [-0.4, -0.2) is 46.9 Å². The highest BCUT2D eigenvalue weighted by Gasteiger charge is 2.25. The van der Waals surface area contributed by atoms with E-state index in [0.717, 1.165) is 40.2 Å². The van der Waals surface area contributed by atoms with Crippen molar-refractivity contribution in [2.75, 3.05) is 31.1 Å². The Morgan fingerprint density at radius 1 is 1.10 bits per heavy atom. The van der Waals surface area contributed by atoms with Crippen molar-refractivity contribution in [3.8, 4) is 0 Å². The van der Waals surface area contributed by atoms with Gasteiger partial charge in [-0.15, -0.1) is 12.4 Å². The van der Waals surface area contributed by atoms with Crippen molar-refractivity contribution >= 4 is 61.3 Å². The number of thiophene rings is 1. The Morgan fingerprint density at radius 3 is 2.37 bits per heavy atom. The lowest BCUT2D eigenvalue weighted by Gasteiger charge is -2.24. The van der Waals surface area contributed by atoms with Crippen molar-refractivity contribution in [1.82, 2.24) is 9.88 Å². The summed E-state index contributed by atoms with van der Waals surface area (Å²) >= 11 is 2.38. The standard InChI is InChI=1S/C20H24N4O3S2.ClH/c1-5-22(6-2)9-10-23(19(25)16-7-8-18(28-16)24(26)27)20-21-15-11-13(3)14(4)12-17(15)29-20;/h7-8,11-12H,5-6,9-10H2,1-4H3;1H. The molecule has 0 aliphatic heterocycles. The number of hydrogen-bond donors (Lipinski definition) is 0. The second-order valence-corrected chi connectivity index (χ2v) is 8.85. The highest BCUT2D eigenvalue weighted by molar-refractivity contribution is 7.22. The molecule has 1 aromatic carbocycles. The predicted octanol–water partition coefficient (Wildman–Crippen LogP) is 5.29. The molecule has 0 bridgehead atoms. The summed E-state index contributed by atoms with van der Waals surface area (Å²) < 4.78 is 1.03. The molecule has 30 heavy (non-hydrogen) atoms. The van der Waals surface area contributed by atoms with E-state index >= 15 is 0 Å². The second kappa shape index (κ2) is 10.3. The number of fused-ring (bicyclic) bond motifs is 1. The third-order valence-electron chi connectivity index (χ3n) is 4.99. The molecule has 1 amide bonds. The largest absolute Gasteiger partial charge is 0.324 e. The van der Waals surface area contributed by atoms with Gasteiger partial charge in [0.25, 0.3) is 5.91 Å². The fourth-order valence-corrected chi connectivity index (χ4v) is 4.86. The normalized spacial score (nSPS) is 11.0. The van der Waals surface area contributed by atoms with Gasteiger partial charge < -0.3 is 4.90 Å². The fourth-order valence-electron chi connectivity index (χ4n) is 3.02. The van der Waals surface area contributed by atoms with Crippen LogP contribution in [0, 0.1) is 24.0 Å². The summed E-state index contributed by atoms with van der Waals surface area (Å²) in [5, 5.41) is 11.6. The smallest absolute Gasteiger partial charge is 0.302 e. The zero-order valence-corrected chi connectivity index (χ0v) is 19.8. The van der Waals surface area contributed by atoms with Gasteiger partial charge in [0.2, 0.25) is 0 Å². The first-order valence-corrected chi connectivity index (χ1v) is 11.1. The van der Waals surface area contributed by atoms with Crippen LogP contribution in [0.4, 0.5) is 10.1 Å². The van der Waals surface area contributed by atoms with Crippen LogP contribution in [-0.2, 0) is 0 Å². The molecule has 3 aromatic rings. The number of anilines is 1. The Bertz CT molecular complexity index is 1010. The molecule has 7 nitrogen and oxygen atoms in total. The van der Waals surface area contributed by atoms with E-state index in [1.165, 1.54) is 29.0 Å². The van der Waals surface area contributed by atoms with Crippen LogP contribution in [0.1, 0.15) is 34.6 Å². The quantitative estimate of drug-likeness (QED) is 0.331. The fraction of sp³-hybridized carbons (Fsp3) is 0.400. The highest BCUT2D eigenvalue weighted by Crippen LogP contribution is 2.33. The predicted molar refractivity (Wildman–Crippen MR) is 127 cm³/mol. The Morgan fingerprint density at radius 2 is 1.77 bits per heavy atom. The first kappa shape index (κ1) is 24.2. The molecule has 2 heterocycles. The molecule has 0 fully saturated rings. The molecule has 0 N–H and O–H groups in total. The van der Waals surface area contributed by atoms with Gasteiger partial charge in [0.15, 0.2) is 5.13 Å². The van der Waals surface area contributed by atoms with E-state index in [1.54, 1.807) is 4.90 Å². The van der Waals surface area contributed by atoms with E-state index in [-0.39, 0.29) is 23.3 Å². The van der Waals surface area contributed by atoms with Gasteiger partial charge in [-0.1, -0.05) is 36.5 Å². The number of likely N-dealkylation sites (N-methyl/N-ethyl adjacent to an activating group) is 1. The lowest BCUT2D eigenvalue weighted by molar-refractivity contribution is -0.380. The van der Waals surface area contributed by atoms with Crippen molar-refractivity contribution < 1.29 is 9.72 Å². The number of nitrogens with zero attached hydrogens (tertiary/aromatic N) is 4. The van der Waals surface area contributed by atoms with Crippen LogP contribution in [0.5, 0.6) is 0 Å². The summed E-state index contributed by atoms with van der Waals surface area (Å²) in [5.74, 6) is -0.247. The van der Waals surface area contributed by atoms with E-state index in [9.17, 15) is 14.9 Å². The van der Waals surface area contributed by atoms with Gasteiger partial charge >= 0.3 is 5.00 Å². The summed E-state index contributed by atoms with van der Waals surface area (Å²) in [5.41, 5.74) is 3.21. The molecule has 0 spiro atoms. The molecule has 3 rings (SSSR count). The van der Waals surface area contributed by atoms with Crippen molar-refractivity contribution in [3.05, 3.63) is 50.4 Å². The average molecular weight is 469 g/mol. The van der Waals surface area contributed by atoms with Gasteiger partial charge in [-0.25, -0.2) is 4.98 Å². The summed E-state index contributed by atoms with van der Waals surface area (Å²) in [6.45, 7) is 11.2. The van der Waals surface area contributed by atoms with E-state index in [1.807, 2.05) is 13.0 Å². The van der Waals surface area contributed by atoms with E-state index in [0.29, 0.717) is 23.1 Å². The number of carbonyl (C=O) groups excluding carboxylic acids is 1. The van der Waals surface area contributed by atoms with Gasteiger partial charge in [0.1, 0.15) is 0 Å². The molecular weight excluding hydrogens is 444 g/mol. The molecular formula is C20H25ClN4O3S2. The zero-order valence-electron chi connectivity index (χ0n) is 17.4. The summed E-state index contributed by atoms with van der Waals surface area (Å²) in [7, 11) is 0. The van der Waals surface area contributed by atoms with Crippen LogP contribution in [0.2, 0.25) is 0 Å². The lowest BCUT2D eigenvalue weighted by atomic mass is 10.1. The van der Waals surface area contributed by atoms with E-state index in [2.05, 4.69) is 31.7 Å². The third kappa shape index (κ3) is 5.15. The van der Waals surface area contributed by atoms with Crippen molar-refractivity contribution in [1.29, 1.82) is 0 Å². The lowest BCUT2D eigenvalue weighted by Crippen LogP contribution is -2.38. The molecule has 2 aromatic heterocycles. The van der Waals surface area contributed by atoms with Gasteiger partial charge in [-0.05, 0) is 56.3 Å². The highest BCUT2D eigenvalue weighted by atomic mass is 35.5. The first-order chi connectivity index (χ1) is 13.8. The molecule has 10 heteroatoms. The van der Waals surface area contributed by atoms with Crippen LogP contribution >= 0.6 is 35.1 Å². The Labute approximate surface area is 189 Å². The van der Waals surface area contributed by atoms with E-state index in [4.69, 9.17) is 4.98 Å². The third-order valence-corrected chi connectivity index (χ3v) is 7.05. The monoisotopic (exact) mass is 468 g/mol. The van der Waals surface area contributed by atoms with Crippen LogP contribution < -0.4 is 4.90 Å². The Hall–Kier alpha value is -2.07. The number of aromatic nitrogens is 1. The number of amides is 1. The number of rotatable bonds is 8. The number of aryl methyl sites for hydroxylation is 2. The number of benzene rings is 1. The maximum absolute atomic E-state index is 13.2. The van der Waals surface area contributed by atoms with Crippen molar-refractivity contribution in [2.24, 2.45) is 0 Å². The molecule has 0 atom stereocenters. The minimum absolute atomic E-state index is 0. The average Bonchev–Trinajstić information content (AvgIpc) is 3.33. The Kier molecular flexibility index (Phi) is 8.31. The molecule has 0 aliphatic rings. The summed E-state index contributed by atoms with van der Waals surface area (Å²) in [6, 6.07) is 7.03. The van der Waals surface area contributed by atoms with Gasteiger partial charge in [-0.3, -0.25) is 19.8 Å². The first-order valence-electron chi connectivity index (χ1n) is 9.50. The number of carbonyl (C=O) groups is 1. The minimum atomic E-state index is -0.467. The van der Waals surface area contributed by atoms with Gasteiger partial charge in [0.05, 0.1) is 20.0 Å². The number of hydrogen-bond acceptors (Lipinski definition) is 7. The zero-order chi connectivity index (χ0) is 21.1. The molecule has 162 valence electrons. The van der Waals surface area contributed by atoms with Crippen molar-refractivity contribution in [2.45, 2.75) is 27.7 Å². The number of halogens is 1. The number of thiazole rings is 1. The maximum atomic E-state index is 13.2. The second-order valence-electron chi connectivity index (χ2n) is 6.78. The molecule has 0 saturated heterocycles. The molecule has 0 saturated carbocycles. The maximum Gasteiger partial charge on any atom is 0.324 e. The molecule has 0 aliphatic carbocycles. The van der Waals surface area contributed by atoms with Crippen LogP contribution in [0.15, 0.2) is 24.3 Å². The molecule has 0 radical (unpaired) electrons. The summed E-state index contributed by atoms with van der Waals surface area (Å²) in [4.78, 5) is 32.8. The topological polar surface area (TPSA) is 79.6 Å². The Balaban J connectivity index is 0.00000320. The minimum Gasteiger partial charge on any atom is -0.302 e. The van der Waals surface area contributed by atoms with E-state index < -0.39 is 4.92 Å².